The molecule has 134 valence electrons. The summed E-state index contributed by atoms with van der Waals surface area (Å²) in [6.45, 7) is 2.28. The number of carbonyl (C=O) groups is 1. The van der Waals surface area contributed by atoms with Crippen LogP contribution in [0.15, 0.2) is 53.4 Å². The van der Waals surface area contributed by atoms with Crippen molar-refractivity contribution in [2.45, 2.75) is 18.2 Å². The van der Waals surface area contributed by atoms with Gasteiger partial charge in [0.1, 0.15) is 0 Å². The van der Waals surface area contributed by atoms with Crippen molar-refractivity contribution in [2.75, 3.05) is 22.5 Å². The molecule has 0 aliphatic heterocycles. The van der Waals surface area contributed by atoms with Crippen LogP contribution in [-0.4, -0.2) is 26.9 Å². The maximum Gasteiger partial charge on any atom is 0.319 e. The Hall–Kier alpha value is -2.25. The molecule has 0 radical (unpaired) electrons. The summed E-state index contributed by atoms with van der Waals surface area (Å²) in [6.07, 6.45) is 0.709. The van der Waals surface area contributed by atoms with Crippen molar-refractivity contribution >= 4 is 39.0 Å². The van der Waals surface area contributed by atoms with Crippen LogP contribution in [0.3, 0.4) is 0 Å². The molecule has 0 heterocycles. The van der Waals surface area contributed by atoms with Crippen LogP contribution in [0, 0.1) is 0 Å². The van der Waals surface area contributed by atoms with Crippen LogP contribution in [0.25, 0.3) is 0 Å². The first-order valence-electron chi connectivity index (χ1n) is 7.78. The SMILES string of the molecule is CCc1ccccc1NS(=O)(=O)c1cccc(NC(=O)NCCCl)c1. The minimum absolute atomic E-state index is 0.0635. The lowest BCUT2D eigenvalue weighted by Crippen LogP contribution is -2.30. The zero-order valence-electron chi connectivity index (χ0n) is 13.8. The number of aryl methyl sites for hydroxylation is 1. The number of alkyl halides is 1. The van der Waals surface area contributed by atoms with Gasteiger partial charge in [0.05, 0.1) is 10.6 Å². The number of hydrogen-bond acceptors (Lipinski definition) is 3. The fourth-order valence-corrected chi connectivity index (χ4v) is 3.45. The van der Waals surface area contributed by atoms with Gasteiger partial charge in [-0.25, -0.2) is 13.2 Å². The molecule has 0 fully saturated rings. The largest absolute Gasteiger partial charge is 0.337 e. The van der Waals surface area contributed by atoms with E-state index in [2.05, 4.69) is 15.4 Å². The van der Waals surface area contributed by atoms with Crippen molar-refractivity contribution in [2.24, 2.45) is 0 Å². The first-order valence-corrected chi connectivity index (χ1v) is 9.79. The molecule has 0 saturated carbocycles. The number of para-hydroxylation sites is 1. The highest BCUT2D eigenvalue weighted by Crippen LogP contribution is 2.22. The van der Waals surface area contributed by atoms with Gasteiger partial charge >= 0.3 is 6.03 Å². The summed E-state index contributed by atoms with van der Waals surface area (Å²) in [5, 5.41) is 5.12. The van der Waals surface area contributed by atoms with Crippen molar-refractivity contribution in [3.8, 4) is 0 Å². The quantitative estimate of drug-likeness (QED) is 0.642. The summed E-state index contributed by atoms with van der Waals surface area (Å²) < 4.78 is 27.8. The van der Waals surface area contributed by atoms with Gasteiger partial charge in [-0.3, -0.25) is 4.72 Å². The molecule has 25 heavy (non-hydrogen) atoms. The lowest BCUT2D eigenvalue weighted by Gasteiger charge is -2.13. The number of benzene rings is 2. The smallest absolute Gasteiger partial charge is 0.319 e. The second-order valence-corrected chi connectivity index (χ2v) is 7.27. The maximum absolute atomic E-state index is 12.6. The molecule has 2 aromatic carbocycles. The van der Waals surface area contributed by atoms with E-state index in [1.54, 1.807) is 24.3 Å². The van der Waals surface area contributed by atoms with Crippen LogP contribution < -0.4 is 15.4 Å². The third kappa shape index (κ3) is 5.37. The highest BCUT2D eigenvalue weighted by atomic mass is 35.5. The van der Waals surface area contributed by atoms with Gasteiger partial charge < -0.3 is 10.6 Å². The van der Waals surface area contributed by atoms with Crippen molar-refractivity contribution < 1.29 is 13.2 Å². The van der Waals surface area contributed by atoms with E-state index in [0.717, 1.165) is 5.56 Å². The summed E-state index contributed by atoms with van der Waals surface area (Å²) in [6, 6.07) is 12.8. The molecule has 0 spiro atoms. The van der Waals surface area contributed by atoms with Crippen LogP contribution in [0.5, 0.6) is 0 Å². The standard InChI is InChI=1S/C17H20ClN3O3S/c1-2-13-6-3-4-9-16(13)21-25(23,24)15-8-5-7-14(12-15)20-17(22)19-11-10-18/h3-9,12,21H,2,10-11H2,1H3,(H2,19,20,22). The number of hydrogen-bond donors (Lipinski definition) is 3. The van der Waals surface area contributed by atoms with E-state index in [-0.39, 0.29) is 4.90 Å². The Morgan fingerprint density at radius 1 is 1.12 bits per heavy atom. The summed E-state index contributed by atoms with van der Waals surface area (Å²) in [7, 11) is -3.76. The van der Waals surface area contributed by atoms with E-state index in [9.17, 15) is 13.2 Å². The first kappa shape index (κ1) is 19.1. The Kier molecular flexibility index (Phi) is 6.66. The molecule has 0 bridgehead atoms. The van der Waals surface area contributed by atoms with Gasteiger partial charge in [-0.15, -0.1) is 11.6 Å². The van der Waals surface area contributed by atoms with E-state index in [4.69, 9.17) is 11.6 Å². The Labute approximate surface area is 152 Å². The van der Waals surface area contributed by atoms with E-state index < -0.39 is 16.1 Å². The topological polar surface area (TPSA) is 87.3 Å². The van der Waals surface area contributed by atoms with Gasteiger partial charge in [0.15, 0.2) is 0 Å². The van der Waals surface area contributed by atoms with E-state index in [1.807, 2.05) is 19.1 Å². The normalized spacial score (nSPS) is 11.0. The summed E-state index contributed by atoms with van der Waals surface area (Å²) >= 11 is 5.51. The van der Waals surface area contributed by atoms with Gasteiger partial charge in [-0.05, 0) is 36.2 Å². The molecule has 6 nitrogen and oxygen atoms in total. The minimum Gasteiger partial charge on any atom is -0.337 e. The first-order chi connectivity index (χ1) is 12.0. The number of carbonyl (C=O) groups excluding carboxylic acids is 1. The molecular weight excluding hydrogens is 362 g/mol. The predicted octanol–water partition coefficient (Wildman–Crippen LogP) is 3.41. The van der Waals surface area contributed by atoms with Crippen molar-refractivity contribution in [3.63, 3.8) is 0 Å². The Morgan fingerprint density at radius 3 is 2.60 bits per heavy atom. The fraction of sp³-hybridized carbons (Fsp3) is 0.235. The Morgan fingerprint density at radius 2 is 1.88 bits per heavy atom. The Balaban J connectivity index is 2.19. The molecule has 0 unspecified atom stereocenters. The number of halogens is 1. The third-order valence-corrected chi connectivity index (χ3v) is 4.98. The van der Waals surface area contributed by atoms with Crippen molar-refractivity contribution in [1.82, 2.24) is 5.32 Å². The third-order valence-electron chi connectivity index (χ3n) is 3.42. The van der Waals surface area contributed by atoms with Gasteiger partial charge in [0.25, 0.3) is 10.0 Å². The van der Waals surface area contributed by atoms with E-state index in [0.29, 0.717) is 30.2 Å². The summed E-state index contributed by atoms with van der Waals surface area (Å²) in [5.74, 6) is 0.294. The lowest BCUT2D eigenvalue weighted by atomic mass is 10.1. The molecule has 8 heteroatoms. The van der Waals surface area contributed by atoms with Gasteiger partial charge in [-0.2, -0.15) is 0 Å². The molecular formula is C17H20ClN3O3S. The predicted molar refractivity (Wildman–Crippen MR) is 101 cm³/mol. The number of amides is 2. The second kappa shape index (κ2) is 8.73. The monoisotopic (exact) mass is 381 g/mol. The van der Waals surface area contributed by atoms with Gasteiger partial charge in [0.2, 0.25) is 0 Å². The zero-order chi connectivity index (χ0) is 18.3. The number of rotatable bonds is 7. The van der Waals surface area contributed by atoms with Gasteiger partial charge in [-0.1, -0.05) is 31.2 Å². The molecule has 2 amide bonds. The second-order valence-electron chi connectivity index (χ2n) is 5.21. The van der Waals surface area contributed by atoms with Crippen molar-refractivity contribution in [3.05, 3.63) is 54.1 Å². The van der Waals surface area contributed by atoms with E-state index >= 15 is 0 Å². The minimum atomic E-state index is -3.76. The number of sulfonamides is 1. The van der Waals surface area contributed by atoms with E-state index in [1.165, 1.54) is 12.1 Å². The van der Waals surface area contributed by atoms with Crippen LogP contribution in [0.2, 0.25) is 0 Å². The van der Waals surface area contributed by atoms with Crippen molar-refractivity contribution in [1.29, 1.82) is 0 Å². The van der Waals surface area contributed by atoms with Crippen LogP contribution in [-0.2, 0) is 16.4 Å². The molecule has 0 aliphatic rings. The molecule has 2 aromatic rings. The van der Waals surface area contributed by atoms with Crippen LogP contribution in [0.4, 0.5) is 16.2 Å². The number of nitrogens with one attached hydrogen (secondary N) is 3. The molecule has 0 aliphatic carbocycles. The molecule has 0 aromatic heterocycles. The average molecular weight is 382 g/mol. The maximum atomic E-state index is 12.6. The average Bonchev–Trinajstić information content (AvgIpc) is 2.60. The molecule has 3 N–H and O–H groups in total. The zero-order valence-corrected chi connectivity index (χ0v) is 15.3. The lowest BCUT2D eigenvalue weighted by molar-refractivity contribution is 0.252. The van der Waals surface area contributed by atoms with Crippen LogP contribution in [0.1, 0.15) is 12.5 Å². The summed E-state index contributed by atoms with van der Waals surface area (Å²) in [5.41, 5.74) is 1.82. The fourth-order valence-electron chi connectivity index (χ4n) is 2.21. The summed E-state index contributed by atoms with van der Waals surface area (Å²) in [4.78, 5) is 11.7. The van der Waals surface area contributed by atoms with Gasteiger partial charge in [0, 0.05) is 18.1 Å². The molecule has 0 atom stereocenters. The van der Waals surface area contributed by atoms with Crippen LogP contribution >= 0.6 is 11.6 Å². The molecule has 0 saturated heterocycles. The highest BCUT2D eigenvalue weighted by Gasteiger charge is 2.16. The number of anilines is 2. The molecule has 2 rings (SSSR count). The number of urea groups is 1. The highest BCUT2D eigenvalue weighted by molar-refractivity contribution is 7.92. The Bertz CT molecular complexity index is 841.